The van der Waals surface area contributed by atoms with Crippen molar-refractivity contribution in [3.8, 4) is 0 Å². The van der Waals surface area contributed by atoms with Crippen LogP contribution in [0.25, 0.3) is 0 Å². The molecule has 3 rings (SSSR count). The van der Waals surface area contributed by atoms with E-state index in [-0.39, 0.29) is 45.2 Å². The van der Waals surface area contributed by atoms with Gasteiger partial charge in [-0.15, -0.1) is 0 Å². The lowest BCUT2D eigenvalue weighted by atomic mass is 9.82. The highest BCUT2D eigenvalue weighted by Gasteiger charge is 2.55. The fraction of sp³-hybridized carbons (Fsp3) is 0.833. The van der Waals surface area contributed by atoms with Crippen molar-refractivity contribution in [1.29, 1.82) is 0 Å². The van der Waals surface area contributed by atoms with Crippen molar-refractivity contribution < 1.29 is 100.0 Å². The number of carbonyl (C=O) groups is 9. The molecule has 6 N–H and O–H groups in total. The predicted octanol–water partition coefficient (Wildman–Crippen LogP) is 5.59. The number of amides is 6. The molecule has 6 amide bonds. The van der Waals surface area contributed by atoms with Gasteiger partial charge in [-0.3, -0.25) is 19.2 Å². The summed E-state index contributed by atoms with van der Waals surface area (Å²) in [6.07, 6.45) is -16.7. The fourth-order valence-corrected chi connectivity index (χ4v) is 8.72. The number of esters is 3. The van der Waals surface area contributed by atoms with Gasteiger partial charge < -0.3 is 88.7 Å². The van der Waals surface area contributed by atoms with Gasteiger partial charge in [-0.25, -0.2) is 24.0 Å². The van der Waals surface area contributed by atoms with Crippen LogP contribution < -0.4 is 31.9 Å². The monoisotopic (exact) mass is 1160 g/mol. The molecule has 0 bridgehead atoms. The third kappa shape index (κ3) is 26.2. The number of ether oxygens (including phenoxy) is 12. The Balaban J connectivity index is 2.34. The summed E-state index contributed by atoms with van der Waals surface area (Å²) in [5, 5.41) is 16.4. The van der Waals surface area contributed by atoms with E-state index in [9.17, 15) is 43.2 Å². The van der Waals surface area contributed by atoms with E-state index in [0.717, 1.165) is 20.8 Å². The minimum absolute atomic E-state index is 0.0930. The zero-order valence-electron chi connectivity index (χ0n) is 50.7. The molecule has 6 unspecified atom stereocenters. The molecule has 27 heteroatoms. The van der Waals surface area contributed by atoms with Gasteiger partial charge in [-0.05, 0) is 136 Å². The van der Waals surface area contributed by atoms with Gasteiger partial charge in [0.05, 0.1) is 36.4 Å². The first-order valence-electron chi connectivity index (χ1n) is 27.4. The van der Waals surface area contributed by atoms with Crippen LogP contribution in [0.4, 0.5) is 24.0 Å². The number of nitrogens with one attached hydrogen (secondary N) is 6. The van der Waals surface area contributed by atoms with Crippen molar-refractivity contribution in [2.75, 3.05) is 13.1 Å². The molecule has 3 aliphatic rings. The SMILES string of the molecule is CCC1C[C@H](NC(=O)OC(C)(C)C)C(OC(C)=O)[C@H](O[C@H]2C(OC(C)=O)C(O[C@@H]3OC(CNC(=O)OC(C)(C)C)CCC3NC(=O)OC(C)(C)C)[C@@H](NC(=O)OC(C)(C)C)C[C@H]2NC(=O)[C@H](CCNC(=O)OC(C)(C)C)OC(C)=O)O1. The van der Waals surface area contributed by atoms with Crippen molar-refractivity contribution in [3.63, 3.8) is 0 Å². The molecule has 1 saturated carbocycles. The third-order valence-electron chi connectivity index (χ3n) is 11.5. The fourth-order valence-electron chi connectivity index (χ4n) is 8.72. The summed E-state index contributed by atoms with van der Waals surface area (Å²) in [5.41, 5.74) is -4.66. The highest BCUT2D eigenvalue weighted by molar-refractivity contribution is 5.84. The maximum atomic E-state index is 14.7. The Bertz CT molecular complexity index is 2160. The predicted molar refractivity (Wildman–Crippen MR) is 287 cm³/mol. The average Bonchev–Trinajstić information content (AvgIpc) is 3.25. The lowest BCUT2D eigenvalue weighted by molar-refractivity contribution is -0.304. The number of hydrogen-bond acceptors (Lipinski definition) is 21. The lowest BCUT2D eigenvalue weighted by Gasteiger charge is -2.50. The highest BCUT2D eigenvalue weighted by Crippen LogP contribution is 2.36. The molecule has 27 nitrogen and oxygen atoms in total. The quantitative estimate of drug-likeness (QED) is 0.0719. The van der Waals surface area contributed by atoms with Crippen molar-refractivity contribution in [2.45, 2.75) is 278 Å². The molecule has 13 atom stereocenters. The van der Waals surface area contributed by atoms with Crippen LogP contribution in [0.3, 0.4) is 0 Å². The van der Waals surface area contributed by atoms with E-state index in [1.807, 2.05) is 0 Å². The lowest BCUT2D eigenvalue weighted by Crippen LogP contribution is -2.70. The van der Waals surface area contributed by atoms with E-state index in [1.54, 1.807) is 111 Å². The summed E-state index contributed by atoms with van der Waals surface area (Å²) in [6, 6.07) is -4.80. The molecule has 2 aliphatic heterocycles. The van der Waals surface area contributed by atoms with Crippen LogP contribution in [-0.4, -0.2) is 175 Å². The second-order valence-electron chi connectivity index (χ2n) is 25.1. The molecule has 464 valence electrons. The number of carbonyl (C=O) groups excluding carboxylic acids is 9. The van der Waals surface area contributed by atoms with E-state index in [2.05, 4.69) is 31.9 Å². The molecule has 0 radical (unpaired) electrons. The second-order valence-corrected chi connectivity index (χ2v) is 25.1. The summed E-state index contributed by atoms with van der Waals surface area (Å²) in [5.74, 6) is -3.55. The number of alkyl carbamates (subject to hydrolysis) is 5. The van der Waals surface area contributed by atoms with E-state index in [1.165, 1.54) is 0 Å². The Morgan fingerprint density at radius 2 is 0.864 bits per heavy atom. The van der Waals surface area contributed by atoms with Crippen LogP contribution in [0.2, 0.25) is 0 Å². The molecule has 2 saturated heterocycles. The van der Waals surface area contributed by atoms with Gasteiger partial charge in [0.15, 0.2) is 30.9 Å². The maximum Gasteiger partial charge on any atom is 0.408 e. The Kier molecular flexibility index (Phi) is 25.1. The van der Waals surface area contributed by atoms with Crippen molar-refractivity contribution in [3.05, 3.63) is 0 Å². The van der Waals surface area contributed by atoms with E-state index < -0.39 is 162 Å². The largest absolute Gasteiger partial charge is 0.457 e. The van der Waals surface area contributed by atoms with Crippen molar-refractivity contribution >= 4 is 54.3 Å². The first-order valence-corrected chi connectivity index (χ1v) is 27.4. The Labute approximate surface area is 475 Å². The summed E-state index contributed by atoms with van der Waals surface area (Å²) < 4.78 is 71.9. The van der Waals surface area contributed by atoms with Crippen LogP contribution in [0.15, 0.2) is 0 Å². The maximum absolute atomic E-state index is 14.7. The van der Waals surface area contributed by atoms with Crippen LogP contribution in [0.1, 0.15) is 170 Å². The third-order valence-corrected chi connectivity index (χ3v) is 11.5. The zero-order chi connectivity index (χ0) is 61.6. The molecule has 1 aliphatic carbocycles. The smallest absolute Gasteiger partial charge is 0.408 e. The second kappa shape index (κ2) is 29.4. The topological polar surface area (TPSA) is 337 Å². The van der Waals surface area contributed by atoms with Gasteiger partial charge in [0.25, 0.3) is 5.91 Å². The van der Waals surface area contributed by atoms with Crippen LogP contribution in [-0.2, 0) is 76.0 Å². The number of hydrogen-bond donors (Lipinski definition) is 6. The van der Waals surface area contributed by atoms with Crippen LogP contribution >= 0.6 is 0 Å². The highest BCUT2D eigenvalue weighted by atomic mass is 16.7. The van der Waals surface area contributed by atoms with Crippen molar-refractivity contribution in [2.24, 2.45) is 0 Å². The van der Waals surface area contributed by atoms with Gasteiger partial charge in [0.1, 0.15) is 40.2 Å². The minimum atomic E-state index is -1.74. The molecule has 3 fully saturated rings. The van der Waals surface area contributed by atoms with E-state index in [0.29, 0.717) is 6.42 Å². The molecule has 2 heterocycles. The van der Waals surface area contributed by atoms with Crippen LogP contribution in [0, 0.1) is 0 Å². The van der Waals surface area contributed by atoms with E-state index >= 15 is 0 Å². The summed E-state index contributed by atoms with van der Waals surface area (Å²) in [7, 11) is 0. The zero-order valence-corrected chi connectivity index (χ0v) is 50.7. The Morgan fingerprint density at radius 3 is 1.32 bits per heavy atom. The van der Waals surface area contributed by atoms with Gasteiger partial charge >= 0.3 is 48.4 Å². The summed E-state index contributed by atoms with van der Waals surface area (Å²) in [4.78, 5) is 120. The van der Waals surface area contributed by atoms with E-state index in [4.69, 9.17) is 56.8 Å². The number of rotatable bonds is 18. The Morgan fingerprint density at radius 1 is 0.457 bits per heavy atom. The Hall–Kier alpha value is -5.93. The molecular formula is C54H92N6O21. The summed E-state index contributed by atoms with van der Waals surface area (Å²) in [6.45, 7) is 29.7. The van der Waals surface area contributed by atoms with Crippen molar-refractivity contribution in [1.82, 2.24) is 31.9 Å². The molecule has 0 spiro atoms. The minimum Gasteiger partial charge on any atom is -0.457 e. The molecule has 0 aromatic heterocycles. The molecule has 0 aromatic carbocycles. The van der Waals surface area contributed by atoms with Gasteiger partial charge in [-0.2, -0.15) is 0 Å². The average molecular weight is 1160 g/mol. The van der Waals surface area contributed by atoms with Crippen LogP contribution in [0.5, 0.6) is 0 Å². The van der Waals surface area contributed by atoms with Gasteiger partial charge in [0, 0.05) is 40.3 Å². The summed E-state index contributed by atoms with van der Waals surface area (Å²) >= 11 is 0. The molecular weight excluding hydrogens is 1070 g/mol. The van der Waals surface area contributed by atoms with Gasteiger partial charge in [0.2, 0.25) is 0 Å². The normalized spacial score (nSPS) is 26.6. The standard InChI is InChI=1S/C54H92N6O21/c1-20-31-25-34(59-48(68)80-53(14,15)16)40(71-29(3)62)44(73-31)76-38-35(57-42(64)37(70-28(2)61)23-24-55-45(65)77-50(5,6)7)26-36(60-49(69)81-54(17,18)19)39(41(38)72-30(4)63)75-43-33(58-47(67)79-52(11,12)13)22-21-32(74-43)27-56-46(66)78-51(8,9)10/h31-41,43-44H,20-27H2,1-19H3,(H,55,65)(H,56,66)(H,57,64)(H,58,67)(H,59,68)(H,60,69)/t31?,32?,33?,34-,35+,36-,37-,38+,39?,40?,41?,43-,44-/m0/s1. The first-order chi connectivity index (χ1) is 37.1. The van der Waals surface area contributed by atoms with Gasteiger partial charge in [-0.1, -0.05) is 6.92 Å². The first kappa shape index (κ1) is 69.3. The molecule has 81 heavy (non-hydrogen) atoms. The molecule has 0 aromatic rings.